The molecule has 0 rings (SSSR count). The van der Waals surface area contributed by atoms with Crippen LogP contribution in [0.25, 0.3) is 0 Å². The van der Waals surface area contributed by atoms with E-state index >= 15 is 0 Å². The highest BCUT2D eigenvalue weighted by Crippen LogP contribution is 2.36. The molecule has 1 nitrogen and oxygen atoms in total. The molecular weight excluding hydrogens is 302 g/mol. The Morgan fingerprint density at radius 3 is 2.04 bits per heavy atom. The quantitative estimate of drug-likeness (QED) is 0.337. The molecule has 0 saturated carbocycles. The number of rotatable bonds is 13. The Kier molecular flexibility index (Phi) is 12.0. The maximum absolute atomic E-state index is 6.32. The monoisotopic (exact) mass is 351 g/mol. The minimum absolute atomic E-state index is 0.391. The van der Waals surface area contributed by atoms with Crippen molar-refractivity contribution in [2.24, 2.45) is 28.4 Å². The lowest BCUT2D eigenvalue weighted by Crippen LogP contribution is -2.23. The van der Waals surface area contributed by atoms with Crippen LogP contribution in [0, 0.1) is 22.7 Å². The van der Waals surface area contributed by atoms with Crippen LogP contribution in [0.3, 0.4) is 0 Å². The van der Waals surface area contributed by atoms with Gasteiger partial charge in [0.25, 0.3) is 0 Å². The molecule has 150 valence electrons. The van der Waals surface area contributed by atoms with E-state index in [9.17, 15) is 0 Å². The molecular formula is C24H49N. The molecule has 0 fully saturated rings. The van der Waals surface area contributed by atoms with Gasteiger partial charge in [-0.05, 0) is 67.6 Å². The Morgan fingerprint density at radius 2 is 1.52 bits per heavy atom. The summed E-state index contributed by atoms with van der Waals surface area (Å²) in [5, 5.41) is 0. The van der Waals surface area contributed by atoms with Gasteiger partial charge < -0.3 is 5.73 Å². The summed E-state index contributed by atoms with van der Waals surface area (Å²) >= 11 is 0. The third-order valence-corrected chi connectivity index (χ3v) is 5.86. The highest BCUT2D eigenvalue weighted by Gasteiger charge is 2.25. The summed E-state index contributed by atoms with van der Waals surface area (Å²) in [5.74, 6) is 1.52. The van der Waals surface area contributed by atoms with Gasteiger partial charge in [-0.15, -0.1) is 0 Å². The zero-order valence-electron chi connectivity index (χ0n) is 18.8. The fourth-order valence-electron chi connectivity index (χ4n) is 3.75. The topological polar surface area (TPSA) is 26.0 Å². The van der Waals surface area contributed by atoms with E-state index in [4.69, 9.17) is 5.73 Å². The molecule has 0 bridgehead atoms. The SMILES string of the molecule is CCC=CC(CC)C(C)(C)CCCC(C)CCC(N)CCC(C)(C)C. The van der Waals surface area contributed by atoms with E-state index in [1.54, 1.807) is 0 Å². The van der Waals surface area contributed by atoms with Crippen LogP contribution in [0.1, 0.15) is 113 Å². The van der Waals surface area contributed by atoms with Crippen molar-refractivity contribution >= 4 is 0 Å². The molecule has 0 amide bonds. The summed E-state index contributed by atoms with van der Waals surface area (Å²) in [4.78, 5) is 0. The van der Waals surface area contributed by atoms with E-state index in [0.29, 0.717) is 22.8 Å². The summed E-state index contributed by atoms with van der Waals surface area (Å²) in [6, 6.07) is 0.391. The molecule has 0 aromatic rings. The van der Waals surface area contributed by atoms with Crippen LogP contribution in [0.15, 0.2) is 12.2 Å². The van der Waals surface area contributed by atoms with E-state index in [1.807, 2.05) is 0 Å². The van der Waals surface area contributed by atoms with Crippen LogP contribution >= 0.6 is 0 Å². The van der Waals surface area contributed by atoms with Gasteiger partial charge in [0, 0.05) is 6.04 Å². The van der Waals surface area contributed by atoms with Gasteiger partial charge >= 0.3 is 0 Å². The van der Waals surface area contributed by atoms with E-state index < -0.39 is 0 Å². The summed E-state index contributed by atoms with van der Waals surface area (Å²) in [6.45, 7) is 18.8. The lowest BCUT2D eigenvalue weighted by molar-refractivity contribution is 0.218. The van der Waals surface area contributed by atoms with Crippen LogP contribution in [0.2, 0.25) is 0 Å². The third kappa shape index (κ3) is 12.7. The van der Waals surface area contributed by atoms with Crippen molar-refractivity contribution in [1.29, 1.82) is 0 Å². The molecule has 2 N–H and O–H groups in total. The second kappa shape index (κ2) is 12.2. The Balaban J connectivity index is 4.08. The van der Waals surface area contributed by atoms with Crippen molar-refractivity contribution in [2.45, 2.75) is 119 Å². The van der Waals surface area contributed by atoms with Crippen molar-refractivity contribution in [3.05, 3.63) is 12.2 Å². The van der Waals surface area contributed by atoms with Gasteiger partial charge in [-0.3, -0.25) is 0 Å². The molecule has 0 saturated heterocycles. The fourth-order valence-corrected chi connectivity index (χ4v) is 3.75. The van der Waals surface area contributed by atoms with Gasteiger partial charge in [0.1, 0.15) is 0 Å². The molecule has 3 unspecified atom stereocenters. The minimum Gasteiger partial charge on any atom is -0.328 e. The predicted molar refractivity (Wildman–Crippen MR) is 116 cm³/mol. The number of nitrogens with two attached hydrogens (primary N) is 1. The molecule has 0 heterocycles. The van der Waals surface area contributed by atoms with Gasteiger partial charge in [0.15, 0.2) is 0 Å². The van der Waals surface area contributed by atoms with Crippen LogP contribution in [0.5, 0.6) is 0 Å². The first-order chi connectivity index (χ1) is 11.5. The largest absolute Gasteiger partial charge is 0.328 e. The van der Waals surface area contributed by atoms with Gasteiger partial charge in [0.2, 0.25) is 0 Å². The highest BCUT2D eigenvalue weighted by atomic mass is 14.6. The van der Waals surface area contributed by atoms with Gasteiger partial charge in [0.05, 0.1) is 0 Å². The molecule has 0 aliphatic rings. The first-order valence-electron chi connectivity index (χ1n) is 10.9. The Morgan fingerprint density at radius 1 is 0.880 bits per heavy atom. The lowest BCUT2D eigenvalue weighted by Gasteiger charge is -2.32. The molecule has 3 atom stereocenters. The maximum atomic E-state index is 6.32. The van der Waals surface area contributed by atoms with Gasteiger partial charge in [-0.1, -0.05) is 80.4 Å². The molecule has 0 spiro atoms. The molecule has 25 heavy (non-hydrogen) atoms. The van der Waals surface area contributed by atoms with Crippen molar-refractivity contribution in [1.82, 2.24) is 0 Å². The predicted octanol–water partition coefficient (Wildman–Crippen LogP) is 7.75. The molecule has 0 aromatic carbocycles. The van der Waals surface area contributed by atoms with E-state index in [1.165, 1.54) is 51.4 Å². The van der Waals surface area contributed by atoms with Crippen LogP contribution in [-0.2, 0) is 0 Å². The highest BCUT2D eigenvalue weighted by molar-refractivity contribution is 4.94. The zero-order valence-corrected chi connectivity index (χ0v) is 18.8. The number of allylic oxidation sites excluding steroid dienone is 2. The summed E-state index contributed by atoms with van der Waals surface area (Å²) in [7, 11) is 0. The maximum Gasteiger partial charge on any atom is 0.00391 e. The minimum atomic E-state index is 0.391. The van der Waals surface area contributed by atoms with Crippen LogP contribution in [-0.4, -0.2) is 6.04 Å². The molecule has 1 heteroatoms. The number of hydrogen-bond donors (Lipinski definition) is 1. The average molecular weight is 352 g/mol. The normalized spacial score (nSPS) is 17.0. The van der Waals surface area contributed by atoms with Crippen LogP contribution < -0.4 is 5.73 Å². The summed E-state index contributed by atoms with van der Waals surface area (Å²) in [6.07, 6.45) is 16.1. The van der Waals surface area contributed by atoms with E-state index in [0.717, 1.165) is 12.3 Å². The van der Waals surface area contributed by atoms with Crippen LogP contribution in [0.4, 0.5) is 0 Å². The first-order valence-corrected chi connectivity index (χ1v) is 10.9. The van der Waals surface area contributed by atoms with E-state index in [-0.39, 0.29) is 0 Å². The fraction of sp³-hybridized carbons (Fsp3) is 0.917. The second-order valence-electron chi connectivity index (χ2n) is 10.3. The van der Waals surface area contributed by atoms with Crippen molar-refractivity contribution in [2.75, 3.05) is 0 Å². The Bertz CT molecular complexity index is 348. The van der Waals surface area contributed by atoms with Gasteiger partial charge in [-0.2, -0.15) is 0 Å². The third-order valence-electron chi connectivity index (χ3n) is 5.86. The summed E-state index contributed by atoms with van der Waals surface area (Å²) in [5.41, 5.74) is 7.16. The zero-order chi connectivity index (χ0) is 19.5. The van der Waals surface area contributed by atoms with Crippen molar-refractivity contribution in [3.63, 3.8) is 0 Å². The van der Waals surface area contributed by atoms with E-state index in [2.05, 4.69) is 67.5 Å². The summed E-state index contributed by atoms with van der Waals surface area (Å²) < 4.78 is 0. The first kappa shape index (κ1) is 24.7. The number of hydrogen-bond acceptors (Lipinski definition) is 1. The second-order valence-corrected chi connectivity index (χ2v) is 10.3. The average Bonchev–Trinajstić information content (AvgIpc) is 2.50. The lowest BCUT2D eigenvalue weighted by atomic mass is 9.73. The van der Waals surface area contributed by atoms with Gasteiger partial charge in [-0.25, -0.2) is 0 Å². The Hall–Kier alpha value is -0.300. The molecule has 0 aliphatic carbocycles. The van der Waals surface area contributed by atoms with Crippen molar-refractivity contribution in [3.8, 4) is 0 Å². The standard InChI is InChI=1S/C24H49N/c1-9-11-14-21(10-2)24(7,8)18-12-13-20(3)15-16-22(25)17-19-23(4,5)6/h11,14,20-22H,9-10,12-13,15-19,25H2,1-8H3. The molecule has 0 radical (unpaired) electrons. The molecule has 0 aliphatic heterocycles. The Labute approximate surface area is 160 Å². The molecule has 0 aromatic heterocycles. The smallest absolute Gasteiger partial charge is 0.00391 e. The van der Waals surface area contributed by atoms with Crippen molar-refractivity contribution < 1.29 is 0 Å².